The summed E-state index contributed by atoms with van der Waals surface area (Å²) in [5, 5.41) is 11.0. The summed E-state index contributed by atoms with van der Waals surface area (Å²) in [6.07, 6.45) is 1.95. The van der Waals surface area contributed by atoms with Gasteiger partial charge in [0.25, 0.3) is 5.69 Å². The van der Waals surface area contributed by atoms with Crippen molar-refractivity contribution < 1.29 is 14.5 Å². The zero-order valence-corrected chi connectivity index (χ0v) is 9.41. The second-order valence-corrected chi connectivity index (χ2v) is 3.43. The number of carbonyl (C=O) groups is 1. The van der Waals surface area contributed by atoms with Crippen LogP contribution in [-0.4, -0.2) is 28.3 Å². The zero-order valence-electron chi connectivity index (χ0n) is 9.41. The fraction of sp³-hybridized carbons (Fsp3) is 0.0909. The predicted octanol–water partition coefficient (Wildman–Crippen LogP) is 1.81. The molecule has 0 aliphatic heterocycles. The minimum atomic E-state index is -0.527. The third kappa shape index (κ3) is 2.05. The van der Waals surface area contributed by atoms with Gasteiger partial charge >= 0.3 is 0 Å². The largest absolute Gasteiger partial charge is 0.497 e. The number of imidazole rings is 1. The first-order valence-electron chi connectivity index (χ1n) is 4.99. The molecule has 0 radical (unpaired) electrons. The Morgan fingerprint density at radius 1 is 1.50 bits per heavy atom. The molecule has 0 unspecified atom stereocenters. The Balaban J connectivity index is 2.55. The van der Waals surface area contributed by atoms with Gasteiger partial charge in [0, 0.05) is 6.20 Å². The highest BCUT2D eigenvalue weighted by molar-refractivity contribution is 5.75. The molecular formula is C11H9N3O4. The van der Waals surface area contributed by atoms with Crippen LogP contribution in [0.3, 0.4) is 0 Å². The van der Waals surface area contributed by atoms with Crippen LogP contribution >= 0.6 is 0 Å². The van der Waals surface area contributed by atoms with Crippen LogP contribution < -0.4 is 4.74 Å². The lowest BCUT2D eigenvalue weighted by atomic mass is 10.1. The van der Waals surface area contributed by atoms with E-state index >= 15 is 0 Å². The summed E-state index contributed by atoms with van der Waals surface area (Å²) in [5.41, 5.74) is 0.352. The van der Waals surface area contributed by atoms with Crippen molar-refractivity contribution >= 4 is 12.0 Å². The average molecular weight is 247 g/mol. The number of hydrogen-bond acceptors (Lipinski definition) is 5. The van der Waals surface area contributed by atoms with E-state index in [0.29, 0.717) is 17.6 Å². The minimum Gasteiger partial charge on any atom is -0.497 e. The van der Waals surface area contributed by atoms with Crippen molar-refractivity contribution in [3.05, 3.63) is 40.2 Å². The quantitative estimate of drug-likeness (QED) is 0.504. The number of methoxy groups -OCH3 is 1. The maximum atomic E-state index is 11.0. The summed E-state index contributed by atoms with van der Waals surface area (Å²) >= 11 is 0. The molecular weight excluding hydrogens is 238 g/mol. The number of nitro benzene ring substituents is 1. The van der Waals surface area contributed by atoms with Crippen molar-refractivity contribution in [3.63, 3.8) is 0 Å². The number of nitro groups is 1. The Labute approximate surface area is 102 Å². The van der Waals surface area contributed by atoms with Crippen LogP contribution in [-0.2, 0) is 0 Å². The van der Waals surface area contributed by atoms with Crippen LogP contribution in [0.5, 0.6) is 5.75 Å². The number of benzene rings is 1. The summed E-state index contributed by atoms with van der Waals surface area (Å²) < 4.78 is 4.93. The molecule has 1 N–H and O–H groups in total. The molecule has 92 valence electrons. The Morgan fingerprint density at radius 2 is 2.28 bits per heavy atom. The highest BCUT2D eigenvalue weighted by Crippen LogP contribution is 2.31. The van der Waals surface area contributed by atoms with Gasteiger partial charge in [-0.3, -0.25) is 14.9 Å². The van der Waals surface area contributed by atoms with E-state index < -0.39 is 4.92 Å². The van der Waals surface area contributed by atoms with Gasteiger partial charge in [0.15, 0.2) is 6.29 Å². The Kier molecular flexibility index (Phi) is 3.05. The van der Waals surface area contributed by atoms with E-state index in [1.54, 1.807) is 6.07 Å². The van der Waals surface area contributed by atoms with Crippen LogP contribution in [0, 0.1) is 10.1 Å². The monoisotopic (exact) mass is 247 g/mol. The fourth-order valence-electron chi connectivity index (χ4n) is 1.52. The van der Waals surface area contributed by atoms with Crippen molar-refractivity contribution in [2.45, 2.75) is 0 Å². The highest BCUT2D eigenvalue weighted by Gasteiger charge is 2.18. The predicted molar refractivity (Wildman–Crippen MR) is 62.6 cm³/mol. The van der Waals surface area contributed by atoms with Crippen LogP contribution in [0.25, 0.3) is 11.4 Å². The Morgan fingerprint density at radius 3 is 2.83 bits per heavy atom. The van der Waals surface area contributed by atoms with Crippen LogP contribution in [0.2, 0.25) is 0 Å². The first kappa shape index (κ1) is 11.8. The lowest BCUT2D eigenvalue weighted by Crippen LogP contribution is -1.94. The summed E-state index contributed by atoms with van der Waals surface area (Å²) in [4.78, 5) is 27.6. The number of hydrogen-bond donors (Lipinski definition) is 1. The van der Waals surface area contributed by atoms with Crippen LogP contribution in [0.1, 0.15) is 10.5 Å². The van der Waals surface area contributed by atoms with E-state index in [1.165, 1.54) is 25.4 Å². The molecule has 2 rings (SSSR count). The lowest BCUT2D eigenvalue weighted by Gasteiger charge is -2.03. The summed E-state index contributed by atoms with van der Waals surface area (Å²) in [7, 11) is 1.43. The van der Waals surface area contributed by atoms with Gasteiger partial charge in [-0.2, -0.15) is 0 Å². The standard InChI is InChI=1S/C11H9N3O4/c1-18-8-2-3-9(10(4-8)14(16)17)11-12-5-7(6-15)13-11/h2-6H,1H3,(H,12,13). The smallest absolute Gasteiger partial charge is 0.284 e. The van der Waals surface area contributed by atoms with Gasteiger partial charge in [-0.25, -0.2) is 4.98 Å². The molecule has 0 atom stereocenters. The molecule has 7 nitrogen and oxygen atoms in total. The summed E-state index contributed by atoms with van der Waals surface area (Å²) in [6, 6.07) is 4.41. The van der Waals surface area contributed by atoms with Gasteiger partial charge in [0.05, 0.1) is 23.7 Å². The van der Waals surface area contributed by atoms with Crippen molar-refractivity contribution in [2.24, 2.45) is 0 Å². The molecule has 1 aromatic carbocycles. The minimum absolute atomic E-state index is 0.138. The Bertz CT molecular complexity index is 606. The number of nitrogens with zero attached hydrogens (tertiary/aromatic N) is 2. The highest BCUT2D eigenvalue weighted by atomic mass is 16.6. The zero-order chi connectivity index (χ0) is 13.1. The van der Waals surface area contributed by atoms with Crippen molar-refractivity contribution in [2.75, 3.05) is 7.11 Å². The normalized spacial score (nSPS) is 10.1. The van der Waals surface area contributed by atoms with Crippen molar-refractivity contribution in [3.8, 4) is 17.1 Å². The second kappa shape index (κ2) is 4.66. The van der Waals surface area contributed by atoms with Gasteiger partial charge in [-0.15, -0.1) is 0 Å². The molecule has 0 amide bonds. The maximum Gasteiger partial charge on any atom is 0.284 e. The summed E-state index contributed by atoms with van der Waals surface area (Å²) in [5.74, 6) is 0.652. The van der Waals surface area contributed by atoms with Gasteiger partial charge in [-0.05, 0) is 12.1 Å². The van der Waals surface area contributed by atoms with Crippen LogP contribution in [0.4, 0.5) is 5.69 Å². The summed E-state index contributed by atoms with van der Waals surface area (Å²) in [6.45, 7) is 0. The number of aromatic nitrogens is 2. The number of ether oxygens (including phenoxy) is 1. The molecule has 0 bridgehead atoms. The number of rotatable bonds is 4. The molecule has 0 aliphatic carbocycles. The van der Waals surface area contributed by atoms with Crippen LogP contribution in [0.15, 0.2) is 24.4 Å². The molecule has 2 aromatic rings. The third-order valence-electron chi connectivity index (χ3n) is 2.38. The third-order valence-corrected chi connectivity index (χ3v) is 2.38. The molecule has 0 saturated heterocycles. The topological polar surface area (TPSA) is 98.1 Å². The van der Waals surface area contributed by atoms with Gasteiger partial charge in [0.2, 0.25) is 0 Å². The van der Waals surface area contributed by atoms with E-state index in [2.05, 4.69) is 9.97 Å². The molecule has 0 spiro atoms. The van der Waals surface area contributed by atoms with Gasteiger partial charge < -0.3 is 9.72 Å². The molecule has 18 heavy (non-hydrogen) atoms. The first-order valence-corrected chi connectivity index (χ1v) is 4.99. The van der Waals surface area contributed by atoms with E-state index in [-0.39, 0.29) is 17.2 Å². The van der Waals surface area contributed by atoms with Crippen molar-refractivity contribution in [1.29, 1.82) is 0 Å². The number of H-pyrrole nitrogens is 1. The molecule has 1 aromatic heterocycles. The second-order valence-electron chi connectivity index (χ2n) is 3.43. The van der Waals surface area contributed by atoms with Crippen molar-refractivity contribution in [1.82, 2.24) is 9.97 Å². The molecule has 0 fully saturated rings. The van der Waals surface area contributed by atoms with Gasteiger partial charge in [-0.1, -0.05) is 0 Å². The fourth-order valence-corrected chi connectivity index (χ4v) is 1.52. The number of aromatic amines is 1. The average Bonchev–Trinajstić information content (AvgIpc) is 2.86. The van der Waals surface area contributed by atoms with E-state index in [1.807, 2.05) is 0 Å². The molecule has 0 aliphatic rings. The molecule has 7 heteroatoms. The SMILES string of the molecule is COc1ccc(-c2nc(C=O)c[nH]2)c([N+](=O)[O-])c1. The maximum absolute atomic E-state index is 11.0. The first-order chi connectivity index (χ1) is 8.65. The van der Waals surface area contributed by atoms with E-state index in [4.69, 9.17) is 4.74 Å². The number of aldehydes is 1. The number of carbonyl (C=O) groups excluding carboxylic acids is 1. The van der Waals surface area contributed by atoms with E-state index in [9.17, 15) is 14.9 Å². The Hall–Kier alpha value is -2.70. The molecule has 0 saturated carbocycles. The number of nitrogens with one attached hydrogen (secondary N) is 1. The molecule has 1 heterocycles. The lowest BCUT2D eigenvalue weighted by molar-refractivity contribution is -0.384. The van der Waals surface area contributed by atoms with Gasteiger partial charge in [0.1, 0.15) is 17.3 Å². The van der Waals surface area contributed by atoms with E-state index in [0.717, 1.165) is 0 Å².